The number of rotatable bonds is 4. The van der Waals surface area contributed by atoms with E-state index in [0.29, 0.717) is 37.3 Å². The zero-order valence-electron chi connectivity index (χ0n) is 22.2. The van der Waals surface area contributed by atoms with Crippen LogP contribution in [0.3, 0.4) is 0 Å². The van der Waals surface area contributed by atoms with Crippen molar-refractivity contribution < 1.29 is 33.3 Å². The Balaban J connectivity index is 1.70. The smallest absolute Gasteiger partial charge is 0.370 e. The Morgan fingerprint density at radius 1 is 0.683 bits per heavy atom. The molecule has 8 rings (SSSR count). The van der Waals surface area contributed by atoms with Gasteiger partial charge in [-0.05, 0) is 49.2 Å². The van der Waals surface area contributed by atoms with E-state index in [0.717, 1.165) is 59.9 Å². The highest BCUT2D eigenvalue weighted by molar-refractivity contribution is 6.09. The predicted molar refractivity (Wildman–Crippen MR) is 151 cm³/mol. The maximum atomic E-state index is 12.4. The largest absolute Gasteiger partial charge is 0.478 e. The van der Waals surface area contributed by atoms with E-state index < -0.39 is 11.9 Å². The van der Waals surface area contributed by atoms with Gasteiger partial charge in [0, 0.05) is 0 Å². The molecule has 0 bridgehead atoms. The Kier molecular flexibility index (Phi) is 5.14. The second-order valence-corrected chi connectivity index (χ2v) is 10.7. The van der Waals surface area contributed by atoms with Gasteiger partial charge in [0.05, 0.1) is 62.9 Å². The van der Waals surface area contributed by atoms with Crippen LogP contribution in [0, 0.1) is 0 Å². The lowest BCUT2D eigenvalue weighted by molar-refractivity contribution is -0.498. The van der Waals surface area contributed by atoms with Gasteiger partial charge in [-0.25, -0.2) is 18.4 Å². The Morgan fingerprint density at radius 3 is 1.61 bits per heavy atom. The van der Waals surface area contributed by atoms with Gasteiger partial charge in [-0.2, -0.15) is 8.80 Å². The van der Waals surface area contributed by atoms with Crippen LogP contribution in [0.5, 0.6) is 0 Å². The van der Waals surface area contributed by atoms with Crippen LogP contribution in [0.4, 0.5) is 11.9 Å². The number of carboxylic acid groups (broad SMARTS) is 2. The van der Waals surface area contributed by atoms with Crippen molar-refractivity contribution in [1.29, 1.82) is 0 Å². The number of pyridine rings is 2. The monoisotopic (exact) mass is 552 g/mol. The Morgan fingerprint density at radius 2 is 1.15 bits per heavy atom. The molecule has 6 aromatic rings. The molecular formula is C30H28N6O5+2. The van der Waals surface area contributed by atoms with Crippen molar-refractivity contribution in [3.63, 3.8) is 0 Å². The maximum Gasteiger partial charge on any atom is 0.370 e. The average Bonchev–Trinajstić information content (AvgIpc) is 3.72. The van der Waals surface area contributed by atoms with E-state index in [9.17, 15) is 19.8 Å². The van der Waals surface area contributed by atoms with Crippen LogP contribution in [-0.4, -0.2) is 70.3 Å². The van der Waals surface area contributed by atoms with Gasteiger partial charge < -0.3 is 14.9 Å². The second kappa shape index (κ2) is 8.80. The average molecular weight is 553 g/mol. The van der Waals surface area contributed by atoms with Crippen molar-refractivity contribution in [3.05, 3.63) is 72.1 Å². The summed E-state index contributed by atoms with van der Waals surface area (Å²) in [6, 6.07) is 15.2. The molecule has 7 heterocycles. The van der Waals surface area contributed by atoms with Crippen LogP contribution in [0.25, 0.3) is 33.1 Å². The highest BCUT2D eigenvalue weighted by Crippen LogP contribution is 2.36. The summed E-state index contributed by atoms with van der Waals surface area (Å²) >= 11 is 0. The van der Waals surface area contributed by atoms with Gasteiger partial charge in [0.15, 0.2) is 22.1 Å². The number of carbonyl (C=O) groups is 2. The van der Waals surface area contributed by atoms with E-state index in [-0.39, 0.29) is 11.1 Å². The molecule has 41 heavy (non-hydrogen) atoms. The quantitative estimate of drug-likeness (QED) is 0.324. The molecule has 5 aromatic heterocycles. The van der Waals surface area contributed by atoms with E-state index in [2.05, 4.69) is 39.5 Å². The summed E-state index contributed by atoms with van der Waals surface area (Å²) in [7, 11) is 0. The molecule has 0 aliphatic carbocycles. The van der Waals surface area contributed by atoms with Crippen LogP contribution in [-0.2, 0) is 4.74 Å². The van der Waals surface area contributed by atoms with Crippen LogP contribution in [0.1, 0.15) is 33.6 Å². The molecule has 1 aromatic carbocycles. The van der Waals surface area contributed by atoms with Crippen molar-refractivity contribution in [2.75, 3.05) is 49.2 Å². The first-order valence-corrected chi connectivity index (χ1v) is 13.9. The molecule has 0 radical (unpaired) electrons. The van der Waals surface area contributed by atoms with Gasteiger partial charge in [0.25, 0.3) is 0 Å². The van der Waals surface area contributed by atoms with E-state index >= 15 is 0 Å². The maximum absolute atomic E-state index is 12.4. The zero-order valence-corrected chi connectivity index (χ0v) is 22.2. The van der Waals surface area contributed by atoms with Gasteiger partial charge in [0.2, 0.25) is 0 Å². The Labute approximate surface area is 233 Å². The summed E-state index contributed by atoms with van der Waals surface area (Å²) in [4.78, 5) is 29.4. The summed E-state index contributed by atoms with van der Waals surface area (Å²) in [5, 5.41) is 20.3. The third-order valence-electron chi connectivity index (χ3n) is 8.45. The molecule has 0 atom stereocenters. The van der Waals surface area contributed by atoms with E-state index in [1.54, 1.807) is 0 Å². The number of morpholine rings is 1. The third-order valence-corrected chi connectivity index (χ3v) is 8.45. The van der Waals surface area contributed by atoms with Gasteiger partial charge in [-0.3, -0.25) is 9.80 Å². The van der Waals surface area contributed by atoms with Crippen LogP contribution in [0.2, 0.25) is 0 Å². The van der Waals surface area contributed by atoms with E-state index in [1.807, 2.05) is 36.7 Å². The van der Waals surface area contributed by atoms with Crippen molar-refractivity contribution in [2.24, 2.45) is 0 Å². The first kappa shape index (κ1) is 23.9. The van der Waals surface area contributed by atoms with Crippen molar-refractivity contribution in [3.8, 4) is 0 Å². The van der Waals surface area contributed by atoms with Crippen molar-refractivity contribution in [2.45, 2.75) is 12.8 Å². The fourth-order valence-electron chi connectivity index (χ4n) is 6.73. The standard InChI is InChI=1S/C30H26N6O5/c37-27(38)19-17-23-24(18-20(19)28(39)40)36-26(22-8-2-4-12-34(22)30(36)32-13-15-41-16-14-32)25-21-7-1-3-11-33(21)29(35(23)25)31-9-5-6-10-31/h1-4,7-8,11-12,17-18H,5-6,9-10,13-16H2/p+2. The lowest BCUT2D eigenvalue weighted by Gasteiger charge is -2.22. The van der Waals surface area contributed by atoms with Gasteiger partial charge >= 0.3 is 23.8 Å². The molecule has 2 aliphatic heterocycles. The summed E-state index contributed by atoms with van der Waals surface area (Å²) in [5.74, 6) is -0.737. The normalized spacial score (nSPS) is 16.2. The summed E-state index contributed by atoms with van der Waals surface area (Å²) < 4.78 is 14.2. The number of hydrogen-bond acceptors (Lipinski definition) is 5. The number of nitrogens with zero attached hydrogens (tertiary/aromatic N) is 6. The Hall–Kier alpha value is -4.90. The molecule has 2 saturated heterocycles. The lowest BCUT2D eigenvalue weighted by atomic mass is 10.1. The molecule has 0 amide bonds. The van der Waals surface area contributed by atoms with Gasteiger partial charge in [-0.1, -0.05) is 12.1 Å². The number of ether oxygens (including phenoxy) is 1. The van der Waals surface area contributed by atoms with Crippen LogP contribution < -0.4 is 18.6 Å². The fraction of sp³-hybridized carbons (Fsp3) is 0.267. The molecule has 11 heteroatoms. The number of carboxylic acids is 2. The number of aromatic carboxylic acids is 2. The van der Waals surface area contributed by atoms with Crippen molar-refractivity contribution in [1.82, 2.24) is 8.80 Å². The number of hydrogen-bond donors (Lipinski definition) is 2. The van der Waals surface area contributed by atoms with Crippen LogP contribution >= 0.6 is 0 Å². The van der Waals surface area contributed by atoms with Crippen LogP contribution in [0.15, 0.2) is 60.9 Å². The first-order valence-electron chi connectivity index (χ1n) is 13.9. The molecule has 2 aliphatic rings. The highest BCUT2D eigenvalue weighted by Gasteiger charge is 2.38. The molecule has 2 N–H and O–H groups in total. The molecule has 0 saturated carbocycles. The zero-order chi connectivity index (χ0) is 27.8. The number of imidazole rings is 2. The summed E-state index contributed by atoms with van der Waals surface area (Å²) in [5.41, 5.74) is 4.59. The summed E-state index contributed by atoms with van der Waals surface area (Å²) in [6.07, 6.45) is 6.20. The molecule has 206 valence electrons. The minimum Gasteiger partial charge on any atom is -0.478 e. The van der Waals surface area contributed by atoms with E-state index in [4.69, 9.17) is 4.74 Å². The SMILES string of the molecule is O=C(O)c1cc2c(cc1C(=O)O)n1c(N3CCOCC3)[n+]3ccccc3c1c1c3cccc[n+]3c(N3CCCC3)n21. The van der Waals surface area contributed by atoms with Crippen molar-refractivity contribution >= 4 is 56.9 Å². The fourth-order valence-corrected chi connectivity index (χ4v) is 6.73. The number of benzene rings is 1. The Bertz CT molecular complexity index is 2070. The van der Waals surface area contributed by atoms with Gasteiger partial charge in [-0.15, -0.1) is 0 Å². The first-order chi connectivity index (χ1) is 20.0. The highest BCUT2D eigenvalue weighted by atomic mass is 16.5. The number of anilines is 2. The number of fused-ring (bicyclic) bond motifs is 10. The molecule has 0 spiro atoms. The molecular weight excluding hydrogens is 524 g/mol. The van der Waals surface area contributed by atoms with E-state index in [1.165, 1.54) is 12.1 Å². The topological polar surface area (TPSA) is 107 Å². The summed E-state index contributed by atoms with van der Waals surface area (Å²) in [6.45, 7) is 4.26. The molecule has 0 unspecified atom stereocenters. The second-order valence-electron chi connectivity index (χ2n) is 10.7. The predicted octanol–water partition coefficient (Wildman–Crippen LogP) is 2.66. The third kappa shape index (κ3) is 3.29. The van der Waals surface area contributed by atoms with Gasteiger partial charge in [0.1, 0.15) is 11.0 Å². The minimum absolute atomic E-state index is 0.238. The number of aromatic nitrogens is 4. The minimum atomic E-state index is -1.28. The lowest BCUT2D eigenvalue weighted by Crippen LogP contribution is -2.42. The molecule has 2 fully saturated rings. The molecule has 11 nitrogen and oxygen atoms in total.